The van der Waals surface area contributed by atoms with Gasteiger partial charge in [0.2, 0.25) is 5.78 Å². The Morgan fingerprint density at radius 3 is 1.64 bits per heavy atom. The molecule has 0 aromatic heterocycles. The summed E-state index contributed by atoms with van der Waals surface area (Å²) in [6, 6.07) is 0.0190. The Labute approximate surface area is 204 Å². The monoisotopic (exact) mass is 467 g/mol. The second-order valence-corrected chi connectivity index (χ2v) is 9.43. The highest BCUT2D eigenvalue weighted by atomic mass is 16.5. The number of hydrogen-bond donors (Lipinski definition) is 1. The normalized spacial score (nSPS) is 11.8. The zero-order valence-corrected chi connectivity index (χ0v) is 22.1. The maximum atomic E-state index is 12.3. The third kappa shape index (κ3) is 20.9. The first-order valence-electron chi connectivity index (χ1n) is 14.0. The molecule has 0 heterocycles. The van der Waals surface area contributed by atoms with Crippen LogP contribution in [0.25, 0.3) is 0 Å². The quantitative estimate of drug-likeness (QED) is 0.0909. The number of ether oxygens (including phenoxy) is 1. The number of unbranched alkanes of at least 4 members (excludes halogenated alkanes) is 13. The summed E-state index contributed by atoms with van der Waals surface area (Å²) in [5.41, 5.74) is 0. The minimum absolute atomic E-state index is 0.0190. The molecule has 0 aromatic rings. The zero-order chi connectivity index (χ0) is 24.6. The molecule has 33 heavy (non-hydrogen) atoms. The fourth-order valence-electron chi connectivity index (χ4n) is 4.14. The third-order valence-electron chi connectivity index (χ3n) is 6.24. The molecule has 5 nitrogen and oxygen atoms in total. The topological polar surface area (TPSA) is 72.5 Å². The third-order valence-corrected chi connectivity index (χ3v) is 6.24. The summed E-state index contributed by atoms with van der Waals surface area (Å²) < 4.78 is 4.95. The molecular formula is C28H53NO4. The van der Waals surface area contributed by atoms with Crippen molar-refractivity contribution in [1.82, 2.24) is 5.32 Å². The molecule has 1 N–H and O–H groups in total. The summed E-state index contributed by atoms with van der Waals surface area (Å²) in [4.78, 5) is 36.0. The fraction of sp³-hybridized carbons (Fsp3) is 0.893. The highest BCUT2D eigenvalue weighted by Crippen LogP contribution is 2.13. The fourth-order valence-corrected chi connectivity index (χ4v) is 4.14. The molecule has 1 amide bonds. The van der Waals surface area contributed by atoms with E-state index in [0.29, 0.717) is 19.4 Å². The van der Waals surface area contributed by atoms with Crippen molar-refractivity contribution in [2.45, 2.75) is 155 Å². The molecule has 0 aliphatic carbocycles. The van der Waals surface area contributed by atoms with Gasteiger partial charge in [0.25, 0.3) is 5.91 Å². The Kier molecular flexibility index (Phi) is 22.8. The van der Waals surface area contributed by atoms with Crippen molar-refractivity contribution in [3.05, 3.63) is 0 Å². The van der Waals surface area contributed by atoms with Gasteiger partial charge in [0.05, 0.1) is 6.61 Å². The van der Waals surface area contributed by atoms with Crippen molar-refractivity contribution >= 4 is 17.7 Å². The first-order chi connectivity index (χ1) is 16.0. The molecular weight excluding hydrogens is 414 g/mol. The van der Waals surface area contributed by atoms with Crippen molar-refractivity contribution in [1.29, 1.82) is 0 Å². The van der Waals surface area contributed by atoms with E-state index in [1.54, 1.807) is 0 Å². The van der Waals surface area contributed by atoms with Gasteiger partial charge in [-0.25, -0.2) is 0 Å². The van der Waals surface area contributed by atoms with E-state index in [-0.39, 0.29) is 17.8 Å². The minimum Gasteiger partial charge on any atom is -0.466 e. The average Bonchev–Trinajstić information content (AvgIpc) is 2.80. The lowest BCUT2D eigenvalue weighted by atomic mass is 10.0. The van der Waals surface area contributed by atoms with E-state index in [4.69, 9.17) is 4.74 Å². The molecule has 0 bridgehead atoms. The number of carbonyl (C=O) groups is 3. The van der Waals surface area contributed by atoms with Gasteiger partial charge >= 0.3 is 5.97 Å². The van der Waals surface area contributed by atoms with Crippen molar-refractivity contribution in [3.63, 3.8) is 0 Å². The van der Waals surface area contributed by atoms with Gasteiger partial charge in [0.15, 0.2) is 0 Å². The lowest BCUT2D eigenvalue weighted by Gasteiger charge is -2.18. The van der Waals surface area contributed by atoms with Crippen LogP contribution in [-0.2, 0) is 19.1 Å². The summed E-state index contributed by atoms with van der Waals surface area (Å²) >= 11 is 0. The number of esters is 1. The van der Waals surface area contributed by atoms with Crippen molar-refractivity contribution in [2.75, 3.05) is 6.61 Å². The van der Waals surface area contributed by atoms with E-state index in [2.05, 4.69) is 19.2 Å². The zero-order valence-electron chi connectivity index (χ0n) is 22.1. The van der Waals surface area contributed by atoms with E-state index in [9.17, 15) is 14.4 Å². The first-order valence-corrected chi connectivity index (χ1v) is 14.0. The molecule has 0 saturated heterocycles. The molecule has 0 unspecified atom stereocenters. The van der Waals surface area contributed by atoms with E-state index < -0.39 is 5.91 Å². The van der Waals surface area contributed by atoms with E-state index >= 15 is 0 Å². The van der Waals surface area contributed by atoms with Crippen LogP contribution in [0.15, 0.2) is 0 Å². The molecule has 0 saturated carbocycles. The molecule has 0 aliphatic heterocycles. The van der Waals surface area contributed by atoms with Crippen molar-refractivity contribution < 1.29 is 19.1 Å². The van der Waals surface area contributed by atoms with Crippen LogP contribution in [-0.4, -0.2) is 30.3 Å². The smallest absolute Gasteiger partial charge is 0.305 e. The molecule has 0 fully saturated rings. The van der Waals surface area contributed by atoms with E-state index in [1.807, 2.05) is 6.92 Å². The number of rotatable bonds is 24. The van der Waals surface area contributed by atoms with Gasteiger partial charge in [0, 0.05) is 18.9 Å². The Balaban J connectivity index is 3.88. The molecule has 0 aromatic carbocycles. The number of amides is 1. The lowest BCUT2D eigenvalue weighted by Crippen LogP contribution is -2.39. The van der Waals surface area contributed by atoms with Gasteiger partial charge in [0.1, 0.15) is 0 Å². The highest BCUT2D eigenvalue weighted by Gasteiger charge is 2.18. The Bertz CT molecular complexity index is 492. The van der Waals surface area contributed by atoms with Crippen LogP contribution in [0, 0.1) is 0 Å². The Morgan fingerprint density at radius 2 is 1.09 bits per heavy atom. The van der Waals surface area contributed by atoms with Gasteiger partial charge in [-0.2, -0.15) is 0 Å². The summed E-state index contributed by atoms with van der Waals surface area (Å²) in [6.07, 6.45) is 21.1. The van der Waals surface area contributed by atoms with Gasteiger partial charge in [-0.3, -0.25) is 14.4 Å². The van der Waals surface area contributed by atoms with Crippen LogP contribution in [0.2, 0.25) is 0 Å². The summed E-state index contributed by atoms with van der Waals surface area (Å²) in [6.45, 7) is 6.60. The molecule has 0 aliphatic rings. The Morgan fingerprint density at radius 1 is 0.606 bits per heavy atom. The van der Waals surface area contributed by atoms with Crippen molar-refractivity contribution in [3.8, 4) is 0 Å². The van der Waals surface area contributed by atoms with Crippen LogP contribution in [0.1, 0.15) is 149 Å². The number of Topliss-reactive ketones (excluding diaryl/α,β-unsaturated/α-hetero) is 1. The summed E-state index contributed by atoms with van der Waals surface area (Å²) in [5.74, 6) is -0.871. The number of nitrogens with one attached hydrogen (secondary N) is 1. The maximum absolute atomic E-state index is 12.3. The van der Waals surface area contributed by atoms with Crippen molar-refractivity contribution in [2.24, 2.45) is 0 Å². The van der Waals surface area contributed by atoms with E-state index in [1.165, 1.54) is 57.8 Å². The minimum atomic E-state index is -0.426. The van der Waals surface area contributed by atoms with Crippen LogP contribution >= 0.6 is 0 Å². The van der Waals surface area contributed by atoms with Gasteiger partial charge in [-0.1, -0.05) is 104 Å². The molecule has 1 atom stereocenters. The first kappa shape index (κ1) is 31.6. The van der Waals surface area contributed by atoms with Crippen LogP contribution in [0.5, 0.6) is 0 Å². The molecule has 0 radical (unpaired) electrons. The number of ketones is 1. The molecule has 0 spiro atoms. The highest BCUT2D eigenvalue weighted by molar-refractivity contribution is 6.36. The van der Waals surface area contributed by atoms with Gasteiger partial charge in [-0.05, 0) is 32.6 Å². The van der Waals surface area contributed by atoms with Gasteiger partial charge in [-0.15, -0.1) is 0 Å². The van der Waals surface area contributed by atoms with Gasteiger partial charge < -0.3 is 10.1 Å². The standard InChI is InChI=1S/C28H53NO4/c1-4-7-9-10-11-12-13-14-15-16-17-18-23-26(30)28(32)29-25(21-8-5-2)22-19-20-24-27(31)33-6-3/h25H,4-24H2,1-3H3,(H,29,32)/t25-/m0/s1. The van der Waals surface area contributed by atoms with E-state index in [0.717, 1.165) is 57.8 Å². The largest absolute Gasteiger partial charge is 0.466 e. The summed E-state index contributed by atoms with van der Waals surface area (Å²) in [7, 11) is 0. The van der Waals surface area contributed by atoms with Crippen LogP contribution in [0.4, 0.5) is 0 Å². The number of carbonyl (C=O) groups excluding carboxylic acids is 3. The maximum Gasteiger partial charge on any atom is 0.305 e. The average molecular weight is 468 g/mol. The molecule has 0 rings (SSSR count). The SMILES string of the molecule is CCCCCCCCCCCCCCC(=O)C(=O)N[C@@H](CCCC)CCCCC(=O)OCC. The lowest BCUT2D eigenvalue weighted by molar-refractivity contribution is -0.143. The second-order valence-electron chi connectivity index (χ2n) is 9.43. The Hall–Kier alpha value is -1.39. The van der Waals surface area contributed by atoms with Crippen LogP contribution < -0.4 is 5.32 Å². The molecule has 194 valence electrons. The predicted octanol–water partition coefficient (Wildman–Crippen LogP) is 7.45. The number of hydrogen-bond acceptors (Lipinski definition) is 4. The van der Waals surface area contributed by atoms with Crippen LogP contribution in [0.3, 0.4) is 0 Å². The molecule has 5 heteroatoms. The predicted molar refractivity (Wildman–Crippen MR) is 137 cm³/mol. The summed E-state index contributed by atoms with van der Waals surface area (Å²) in [5, 5.41) is 2.95. The second kappa shape index (κ2) is 23.8.